The quantitative estimate of drug-likeness (QED) is 0.475. The van der Waals surface area contributed by atoms with Crippen molar-refractivity contribution in [1.29, 1.82) is 0 Å². The summed E-state index contributed by atoms with van der Waals surface area (Å²) in [4.78, 5) is 24.6. The van der Waals surface area contributed by atoms with Gasteiger partial charge in [-0.25, -0.2) is 0 Å². The van der Waals surface area contributed by atoms with E-state index in [1.165, 1.54) is 0 Å². The molecule has 1 heterocycles. The second-order valence-electron chi connectivity index (χ2n) is 3.80. The average Bonchev–Trinajstić information content (AvgIpc) is 2.17. The van der Waals surface area contributed by atoms with Crippen LogP contribution in [0.4, 0.5) is 0 Å². The van der Waals surface area contributed by atoms with Gasteiger partial charge in [-0.2, -0.15) is 0 Å². The smallest absolute Gasteiger partial charge is 0.243 e. The van der Waals surface area contributed by atoms with Gasteiger partial charge in [0, 0.05) is 0 Å². The van der Waals surface area contributed by atoms with Gasteiger partial charge in [-0.15, -0.1) is 0 Å². The number of carbonyl (C=O) groups is 2. The molecule has 0 aromatic rings. The van der Waals surface area contributed by atoms with Gasteiger partial charge < -0.3 is 5.73 Å². The first-order valence-electron chi connectivity index (χ1n) is 5.46. The molecule has 1 aliphatic heterocycles. The van der Waals surface area contributed by atoms with Crippen LogP contribution in [-0.2, 0) is 9.59 Å². The van der Waals surface area contributed by atoms with Crippen LogP contribution in [0.2, 0.25) is 0 Å². The lowest BCUT2D eigenvalue weighted by atomic mass is 10.1. The molecule has 0 saturated carbocycles. The molecule has 1 unspecified atom stereocenters. The fraction of sp³-hybridized carbons (Fsp3) is 0.800. The zero-order chi connectivity index (χ0) is 11.3. The molecule has 1 atom stereocenters. The summed E-state index contributed by atoms with van der Waals surface area (Å²) >= 11 is 0. The van der Waals surface area contributed by atoms with Crippen molar-refractivity contribution in [2.24, 2.45) is 5.73 Å². The molecule has 0 aromatic heterocycles. The topological polar surface area (TPSA) is 75.4 Å². The van der Waals surface area contributed by atoms with Gasteiger partial charge in [0.2, 0.25) is 11.8 Å². The molecule has 1 fully saturated rings. The van der Waals surface area contributed by atoms with E-state index in [9.17, 15) is 9.59 Å². The Balaban J connectivity index is 2.49. The van der Waals surface area contributed by atoms with Crippen molar-refractivity contribution in [2.75, 3.05) is 19.6 Å². The predicted octanol–water partition coefficient (Wildman–Crippen LogP) is -0.538. The second kappa shape index (κ2) is 5.82. The lowest BCUT2D eigenvalue weighted by molar-refractivity contribution is -0.140. The van der Waals surface area contributed by atoms with Crippen LogP contribution >= 0.6 is 0 Å². The minimum atomic E-state index is -0.197. The van der Waals surface area contributed by atoms with Crippen molar-refractivity contribution in [3.8, 4) is 0 Å². The van der Waals surface area contributed by atoms with E-state index in [4.69, 9.17) is 5.73 Å². The molecule has 5 nitrogen and oxygen atoms in total. The van der Waals surface area contributed by atoms with Gasteiger partial charge in [-0.1, -0.05) is 6.92 Å². The standard InChI is InChI=1S/C10H19N3O2/c1-2-8-10(15)12-9(14)7-13(8)6-4-3-5-11/h8H,2-7,11H2,1H3,(H,12,14,15). The highest BCUT2D eigenvalue weighted by Gasteiger charge is 2.31. The van der Waals surface area contributed by atoms with Gasteiger partial charge in [0.15, 0.2) is 0 Å². The van der Waals surface area contributed by atoms with E-state index < -0.39 is 0 Å². The highest BCUT2D eigenvalue weighted by atomic mass is 16.2. The number of nitrogens with zero attached hydrogens (tertiary/aromatic N) is 1. The number of unbranched alkanes of at least 4 members (excludes halogenated alkanes) is 1. The summed E-state index contributed by atoms with van der Waals surface area (Å²) in [5, 5.41) is 2.36. The molecule has 0 bridgehead atoms. The minimum Gasteiger partial charge on any atom is -0.330 e. The fourth-order valence-corrected chi connectivity index (χ4v) is 1.86. The monoisotopic (exact) mass is 213 g/mol. The maximum absolute atomic E-state index is 11.5. The first kappa shape index (κ1) is 12.1. The molecule has 1 saturated heterocycles. The van der Waals surface area contributed by atoms with E-state index in [0.717, 1.165) is 25.8 Å². The Morgan fingerprint density at radius 3 is 2.80 bits per heavy atom. The molecule has 5 heteroatoms. The SMILES string of the molecule is CCC1C(=O)NC(=O)CN1CCCCN. The van der Waals surface area contributed by atoms with Crippen molar-refractivity contribution in [3.05, 3.63) is 0 Å². The van der Waals surface area contributed by atoms with Crippen LogP contribution < -0.4 is 11.1 Å². The van der Waals surface area contributed by atoms with Crippen molar-refractivity contribution in [1.82, 2.24) is 10.2 Å². The number of hydrogen-bond donors (Lipinski definition) is 2. The number of hydrogen-bond acceptors (Lipinski definition) is 4. The van der Waals surface area contributed by atoms with Crippen molar-refractivity contribution in [3.63, 3.8) is 0 Å². The van der Waals surface area contributed by atoms with Crippen LogP contribution in [-0.4, -0.2) is 42.4 Å². The largest absolute Gasteiger partial charge is 0.330 e. The third-order valence-corrected chi connectivity index (χ3v) is 2.64. The molecule has 0 aromatic carbocycles. The van der Waals surface area contributed by atoms with Gasteiger partial charge in [-0.05, 0) is 32.4 Å². The van der Waals surface area contributed by atoms with Crippen molar-refractivity contribution < 1.29 is 9.59 Å². The summed E-state index contributed by atoms with van der Waals surface area (Å²) in [6.07, 6.45) is 2.61. The number of piperazine rings is 1. The molecule has 1 rings (SSSR count). The zero-order valence-electron chi connectivity index (χ0n) is 9.16. The maximum Gasteiger partial charge on any atom is 0.243 e. The number of imide groups is 1. The van der Waals surface area contributed by atoms with E-state index in [0.29, 0.717) is 13.1 Å². The van der Waals surface area contributed by atoms with E-state index >= 15 is 0 Å². The number of rotatable bonds is 5. The Morgan fingerprint density at radius 2 is 2.20 bits per heavy atom. The molecule has 0 aliphatic carbocycles. The summed E-state index contributed by atoms with van der Waals surface area (Å²) < 4.78 is 0. The minimum absolute atomic E-state index is 0.152. The van der Waals surface area contributed by atoms with E-state index in [1.54, 1.807) is 0 Å². The molecule has 86 valence electrons. The first-order chi connectivity index (χ1) is 7.19. The maximum atomic E-state index is 11.5. The fourth-order valence-electron chi connectivity index (χ4n) is 1.86. The first-order valence-corrected chi connectivity index (χ1v) is 5.46. The molecule has 1 aliphatic rings. The Labute approximate surface area is 90.0 Å². The van der Waals surface area contributed by atoms with E-state index in [1.807, 2.05) is 11.8 Å². The number of nitrogens with two attached hydrogens (primary N) is 1. The summed E-state index contributed by atoms with van der Waals surface area (Å²) in [5.41, 5.74) is 5.40. The van der Waals surface area contributed by atoms with Gasteiger partial charge in [-0.3, -0.25) is 19.8 Å². The van der Waals surface area contributed by atoms with E-state index in [-0.39, 0.29) is 17.9 Å². The highest BCUT2D eigenvalue weighted by Crippen LogP contribution is 2.09. The van der Waals surface area contributed by atoms with Gasteiger partial charge in [0.25, 0.3) is 0 Å². The van der Waals surface area contributed by atoms with Gasteiger partial charge >= 0.3 is 0 Å². The lowest BCUT2D eigenvalue weighted by Crippen LogP contribution is -2.57. The highest BCUT2D eigenvalue weighted by molar-refractivity contribution is 6.01. The predicted molar refractivity (Wildman–Crippen MR) is 57.1 cm³/mol. The molecule has 2 amide bonds. The van der Waals surface area contributed by atoms with Crippen LogP contribution in [0.25, 0.3) is 0 Å². The Bertz CT molecular complexity index is 243. The second-order valence-corrected chi connectivity index (χ2v) is 3.80. The van der Waals surface area contributed by atoms with Crippen molar-refractivity contribution in [2.45, 2.75) is 32.2 Å². The van der Waals surface area contributed by atoms with Crippen LogP contribution in [0.1, 0.15) is 26.2 Å². The number of nitrogens with one attached hydrogen (secondary N) is 1. The van der Waals surface area contributed by atoms with Crippen LogP contribution in [0.3, 0.4) is 0 Å². The third kappa shape index (κ3) is 3.28. The lowest BCUT2D eigenvalue weighted by Gasteiger charge is -2.33. The van der Waals surface area contributed by atoms with E-state index in [2.05, 4.69) is 5.32 Å². The molecule has 15 heavy (non-hydrogen) atoms. The number of amides is 2. The molecular formula is C10H19N3O2. The summed E-state index contributed by atoms with van der Waals surface area (Å²) in [6.45, 7) is 3.71. The average molecular weight is 213 g/mol. The summed E-state index contributed by atoms with van der Waals surface area (Å²) in [6, 6.07) is -0.152. The number of carbonyl (C=O) groups excluding carboxylic acids is 2. The molecule has 0 spiro atoms. The summed E-state index contributed by atoms with van der Waals surface area (Å²) in [5.74, 6) is -0.362. The third-order valence-electron chi connectivity index (χ3n) is 2.64. The molecular weight excluding hydrogens is 194 g/mol. The summed E-state index contributed by atoms with van der Waals surface area (Å²) in [7, 11) is 0. The Kier molecular flexibility index (Phi) is 4.71. The normalized spacial score (nSPS) is 22.9. The van der Waals surface area contributed by atoms with Crippen LogP contribution in [0.5, 0.6) is 0 Å². The van der Waals surface area contributed by atoms with Crippen LogP contribution in [0, 0.1) is 0 Å². The zero-order valence-corrected chi connectivity index (χ0v) is 9.16. The Hall–Kier alpha value is -0.940. The van der Waals surface area contributed by atoms with Gasteiger partial charge in [0.1, 0.15) is 0 Å². The van der Waals surface area contributed by atoms with Crippen LogP contribution in [0.15, 0.2) is 0 Å². The Morgan fingerprint density at radius 1 is 1.47 bits per heavy atom. The van der Waals surface area contributed by atoms with Gasteiger partial charge in [0.05, 0.1) is 12.6 Å². The van der Waals surface area contributed by atoms with Crippen molar-refractivity contribution >= 4 is 11.8 Å². The molecule has 0 radical (unpaired) electrons. The molecule has 3 N–H and O–H groups in total.